The van der Waals surface area contributed by atoms with Gasteiger partial charge >= 0.3 is 0 Å². The normalized spacial score (nSPS) is 10.3. The quantitative estimate of drug-likeness (QED) is 0.761. The molecule has 0 heterocycles. The zero-order valence-corrected chi connectivity index (χ0v) is 9.46. The molecule has 15 heavy (non-hydrogen) atoms. The summed E-state index contributed by atoms with van der Waals surface area (Å²) in [5.41, 5.74) is 0.991. The number of ether oxygens (including phenoxy) is 2. The summed E-state index contributed by atoms with van der Waals surface area (Å²) < 4.78 is 10.5. The maximum absolute atomic E-state index is 8.47. The summed E-state index contributed by atoms with van der Waals surface area (Å²) in [5.74, 6) is 0.782. The summed E-state index contributed by atoms with van der Waals surface area (Å²) in [4.78, 5) is 0. The summed E-state index contributed by atoms with van der Waals surface area (Å²) in [6.07, 6.45) is 0. The second kappa shape index (κ2) is 6.67. The Morgan fingerprint density at radius 3 is 2.73 bits per heavy atom. The summed E-state index contributed by atoms with van der Waals surface area (Å²) >= 11 is 5.88. The highest BCUT2D eigenvalue weighted by molar-refractivity contribution is 6.31. The average molecular weight is 231 g/mol. The van der Waals surface area contributed by atoms with Crippen LogP contribution in [0.15, 0.2) is 18.2 Å². The Morgan fingerprint density at radius 1 is 1.27 bits per heavy atom. The van der Waals surface area contributed by atoms with E-state index in [4.69, 9.17) is 26.2 Å². The summed E-state index contributed by atoms with van der Waals surface area (Å²) in [6.45, 7) is 3.27. The van der Waals surface area contributed by atoms with E-state index in [0.717, 1.165) is 16.3 Å². The van der Waals surface area contributed by atoms with Gasteiger partial charge in [0, 0.05) is 5.02 Å². The lowest BCUT2D eigenvalue weighted by molar-refractivity contribution is 0.0705. The Kier molecular flexibility index (Phi) is 5.47. The minimum absolute atomic E-state index is 0.0417. The molecule has 0 spiro atoms. The van der Waals surface area contributed by atoms with Crippen LogP contribution in [0.2, 0.25) is 5.02 Å². The molecule has 4 heteroatoms. The van der Waals surface area contributed by atoms with Crippen LogP contribution in [0.1, 0.15) is 5.56 Å². The molecule has 0 aliphatic carbocycles. The molecule has 0 radical (unpaired) electrons. The van der Waals surface area contributed by atoms with Crippen molar-refractivity contribution in [2.24, 2.45) is 0 Å². The highest BCUT2D eigenvalue weighted by Gasteiger charge is 1.98. The molecule has 3 nitrogen and oxygen atoms in total. The fourth-order valence-electron chi connectivity index (χ4n) is 1.09. The number of benzene rings is 1. The smallest absolute Gasteiger partial charge is 0.119 e. The predicted octanol–water partition coefficient (Wildman–Crippen LogP) is 2.04. The van der Waals surface area contributed by atoms with Crippen LogP contribution in [0.25, 0.3) is 0 Å². The minimum atomic E-state index is 0.0417. The van der Waals surface area contributed by atoms with Crippen molar-refractivity contribution in [3.05, 3.63) is 28.8 Å². The van der Waals surface area contributed by atoms with Gasteiger partial charge in [-0.05, 0) is 30.7 Å². The van der Waals surface area contributed by atoms with E-state index >= 15 is 0 Å². The molecule has 0 saturated heterocycles. The fraction of sp³-hybridized carbons (Fsp3) is 0.455. The van der Waals surface area contributed by atoms with Gasteiger partial charge in [-0.3, -0.25) is 0 Å². The molecule has 1 N–H and O–H groups in total. The second-order valence-corrected chi connectivity index (χ2v) is 3.50. The zero-order chi connectivity index (χ0) is 11.1. The molecule has 0 unspecified atom stereocenters. The van der Waals surface area contributed by atoms with Crippen LogP contribution < -0.4 is 4.74 Å². The van der Waals surface area contributed by atoms with Gasteiger partial charge in [-0.25, -0.2) is 0 Å². The van der Waals surface area contributed by atoms with Gasteiger partial charge in [-0.1, -0.05) is 11.6 Å². The van der Waals surface area contributed by atoms with E-state index in [0.29, 0.717) is 19.8 Å². The Bertz CT molecular complexity index is 302. The first kappa shape index (κ1) is 12.3. The number of hydrogen-bond donors (Lipinski definition) is 1. The van der Waals surface area contributed by atoms with Crippen LogP contribution in [0.5, 0.6) is 5.75 Å². The molecule has 0 amide bonds. The van der Waals surface area contributed by atoms with Crippen molar-refractivity contribution in [3.63, 3.8) is 0 Å². The lowest BCUT2D eigenvalue weighted by atomic mass is 10.2. The largest absolute Gasteiger partial charge is 0.491 e. The fourth-order valence-corrected chi connectivity index (χ4v) is 1.21. The average Bonchev–Trinajstić information content (AvgIpc) is 2.23. The molecule has 0 aliphatic rings. The van der Waals surface area contributed by atoms with Gasteiger partial charge in [-0.2, -0.15) is 0 Å². The lowest BCUT2D eigenvalue weighted by Crippen LogP contribution is -2.09. The number of aliphatic hydroxyl groups excluding tert-OH is 1. The molecule has 1 rings (SSSR count). The maximum atomic E-state index is 8.47. The molecule has 0 aromatic heterocycles. The van der Waals surface area contributed by atoms with E-state index in [1.807, 2.05) is 19.1 Å². The van der Waals surface area contributed by atoms with Gasteiger partial charge in [0.25, 0.3) is 0 Å². The van der Waals surface area contributed by atoms with Crippen molar-refractivity contribution in [1.29, 1.82) is 0 Å². The van der Waals surface area contributed by atoms with Crippen LogP contribution >= 0.6 is 11.6 Å². The highest BCUT2D eigenvalue weighted by Crippen LogP contribution is 2.20. The van der Waals surface area contributed by atoms with Crippen molar-refractivity contribution in [1.82, 2.24) is 0 Å². The van der Waals surface area contributed by atoms with Crippen LogP contribution in [0.3, 0.4) is 0 Å². The molecule has 0 aliphatic heterocycles. The van der Waals surface area contributed by atoms with Gasteiger partial charge in [0.2, 0.25) is 0 Å². The molecule has 84 valence electrons. The third-order valence-corrected chi connectivity index (χ3v) is 2.29. The molecule has 0 atom stereocenters. The van der Waals surface area contributed by atoms with Crippen molar-refractivity contribution in [3.8, 4) is 5.75 Å². The standard InChI is InChI=1S/C11H15ClO3/c1-9-8-10(2-3-11(9)12)15-7-6-14-5-4-13/h2-3,8,13H,4-7H2,1H3. The Morgan fingerprint density at radius 2 is 2.07 bits per heavy atom. The van der Waals surface area contributed by atoms with E-state index in [1.165, 1.54) is 0 Å². The Labute approximate surface area is 94.6 Å². The van der Waals surface area contributed by atoms with Crippen LogP contribution in [0, 0.1) is 6.92 Å². The molecule has 0 bridgehead atoms. The van der Waals surface area contributed by atoms with Gasteiger partial charge in [-0.15, -0.1) is 0 Å². The number of rotatable bonds is 6. The number of halogens is 1. The Balaban J connectivity index is 2.28. The monoisotopic (exact) mass is 230 g/mol. The first-order valence-electron chi connectivity index (χ1n) is 4.81. The van der Waals surface area contributed by atoms with Crippen LogP contribution in [0.4, 0.5) is 0 Å². The molecule has 1 aromatic rings. The third-order valence-electron chi connectivity index (χ3n) is 1.86. The van der Waals surface area contributed by atoms with Crippen LogP contribution in [-0.2, 0) is 4.74 Å². The minimum Gasteiger partial charge on any atom is -0.491 e. The summed E-state index contributed by atoms with van der Waals surface area (Å²) in [7, 11) is 0. The summed E-state index contributed by atoms with van der Waals surface area (Å²) in [5, 5.41) is 9.20. The first-order chi connectivity index (χ1) is 7.24. The van der Waals surface area contributed by atoms with E-state index < -0.39 is 0 Å². The van der Waals surface area contributed by atoms with Gasteiger partial charge < -0.3 is 14.6 Å². The van der Waals surface area contributed by atoms with Gasteiger partial charge in [0.15, 0.2) is 0 Å². The van der Waals surface area contributed by atoms with E-state index in [2.05, 4.69) is 0 Å². The van der Waals surface area contributed by atoms with Crippen molar-refractivity contribution in [2.45, 2.75) is 6.92 Å². The lowest BCUT2D eigenvalue weighted by Gasteiger charge is -2.07. The molecular formula is C11H15ClO3. The second-order valence-electron chi connectivity index (χ2n) is 3.10. The number of aliphatic hydroxyl groups is 1. The SMILES string of the molecule is Cc1cc(OCCOCCO)ccc1Cl. The van der Waals surface area contributed by atoms with E-state index in [1.54, 1.807) is 6.07 Å². The maximum Gasteiger partial charge on any atom is 0.119 e. The Hall–Kier alpha value is -0.770. The topological polar surface area (TPSA) is 38.7 Å². The van der Waals surface area contributed by atoms with Crippen molar-refractivity contribution >= 4 is 11.6 Å². The molecule has 0 saturated carbocycles. The number of aryl methyl sites for hydroxylation is 1. The summed E-state index contributed by atoms with van der Waals surface area (Å²) in [6, 6.07) is 5.51. The predicted molar refractivity (Wildman–Crippen MR) is 59.6 cm³/mol. The first-order valence-corrected chi connectivity index (χ1v) is 5.19. The van der Waals surface area contributed by atoms with E-state index in [-0.39, 0.29) is 6.61 Å². The van der Waals surface area contributed by atoms with Crippen LogP contribution in [-0.4, -0.2) is 31.5 Å². The van der Waals surface area contributed by atoms with Gasteiger partial charge in [0.05, 0.1) is 19.8 Å². The van der Waals surface area contributed by atoms with E-state index in [9.17, 15) is 0 Å². The molecule has 1 aromatic carbocycles. The highest BCUT2D eigenvalue weighted by atomic mass is 35.5. The zero-order valence-electron chi connectivity index (χ0n) is 8.70. The molecule has 0 fully saturated rings. The third kappa shape index (κ3) is 4.51. The molecular weight excluding hydrogens is 216 g/mol. The van der Waals surface area contributed by atoms with Gasteiger partial charge in [0.1, 0.15) is 12.4 Å². The van der Waals surface area contributed by atoms with Crippen molar-refractivity contribution < 1.29 is 14.6 Å². The van der Waals surface area contributed by atoms with Crippen molar-refractivity contribution in [2.75, 3.05) is 26.4 Å². The number of hydrogen-bond acceptors (Lipinski definition) is 3.